The number of hydrogen-bond donors (Lipinski definition) is 0. The normalized spacial score (nSPS) is 14.9. The molecule has 24 heavy (non-hydrogen) atoms. The monoisotopic (exact) mass is 318 g/mol. The van der Waals surface area contributed by atoms with Crippen LogP contribution in [0.3, 0.4) is 0 Å². The molecule has 0 spiro atoms. The molecule has 2 aromatic carbocycles. The molecule has 1 aromatic heterocycles. The van der Waals surface area contributed by atoms with Crippen molar-refractivity contribution in [3.8, 4) is 5.88 Å². The lowest BCUT2D eigenvalue weighted by molar-refractivity contribution is 0.225. The van der Waals surface area contributed by atoms with E-state index in [1.807, 2.05) is 12.1 Å². The molecule has 0 atom stereocenters. The van der Waals surface area contributed by atoms with Gasteiger partial charge in [0.2, 0.25) is 5.88 Å². The fourth-order valence-corrected chi connectivity index (χ4v) is 3.33. The van der Waals surface area contributed by atoms with Gasteiger partial charge in [-0.25, -0.2) is 4.98 Å². The fourth-order valence-electron chi connectivity index (χ4n) is 3.33. The minimum atomic E-state index is 0.701. The molecule has 0 aliphatic carbocycles. The van der Waals surface area contributed by atoms with E-state index in [1.54, 1.807) is 0 Å². The van der Waals surface area contributed by atoms with E-state index in [0.29, 0.717) is 6.61 Å². The van der Waals surface area contributed by atoms with E-state index < -0.39 is 0 Å². The number of hydrogen-bond acceptors (Lipinski definition) is 3. The van der Waals surface area contributed by atoms with Gasteiger partial charge in [0.15, 0.2) is 0 Å². The van der Waals surface area contributed by atoms with E-state index in [4.69, 9.17) is 9.72 Å². The zero-order valence-corrected chi connectivity index (χ0v) is 14.0. The molecule has 4 rings (SSSR count). The zero-order chi connectivity index (χ0) is 16.4. The molecule has 0 bridgehead atoms. The SMILES string of the molecule is Cc1ccccc1CCN1CCOc2nc3ccccc3cc2C1. The zero-order valence-electron chi connectivity index (χ0n) is 14.0. The van der Waals surface area contributed by atoms with Crippen LogP contribution in [-0.4, -0.2) is 29.6 Å². The minimum Gasteiger partial charge on any atom is -0.476 e. The smallest absolute Gasteiger partial charge is 0.218 e. The van der Waals surface area contributed by atoms with Crippen LogP contribution in [0.4, 0.5) is 0 Å². The van der Waals surface area contributed by atoms with Crippen LogP contribution in [0.25, 0.3) is 10.9 Å². The summed E-state index contributed by atoms with van der Waals surface area (Å²) in [5.74, 6) is 0.798. The van der Waals surface area contributed by atoms with Crippen LogP contribution in [0.2, 0.25) is 0 Å². The van der Waals surface area contributed by atoms with Crippen molar-refractivity contribution in [2.75, 3.05) is 19.7 Å². The molecule has 0 amide bonds. The second-order valence-electron chi connectivity index (χ2n) is 6.45. The summed E-state index contributed by atoms with van der Waals surface area (Å²) in [7, 11) is 0. The van der Waals surface area contributed by atoms with Gasteiger partial charge in [0, 0.05) is 30.6 Å². The average molecular weight is 318 g/mol. The third kappa shape index (κ3) is 3.13. The van der Waals surface area contributed by atoms with Crippen LogP contribution in [0.1, 0.15) is 16.7 Å². The van der Waals surface area contributed by atoms with E-state index in [2.05, 4.69) is 54.3 Å². The summed E-state index contributed by atoms with van der Waals surface area (Å²) in [4.78, 5) is 7.16. The van der Waals surface area contributed by atoms with Gasteiger partial charge in [-0.05, 0) is 36.6 Å². The highest BCUT2D eigenvalue weighted by Crippen LogP contribution is 2.25. The number of fused-ring (bicyclic) bond motifs is 2. The van der Waals surface area contributed by atoms with E-state index in [1.165, 1.54) is 22.1 Å². The van der Waals surface area contributed by atoms with Crippen LogP contribution in [0.15, 0.2) is 54.6 Å². The van der Waals surface area contributed by atoms with Gasteiger partial charge in [-0.2, -0.15) is 0 Å². The topological polar surface area (TPSA) is 25.4 Å². The van der Waals surface area contributed by atoms with Gasteiger partial charge < -0.3 is 4.74 Å². The van der Waals surface area contributed by atoms with Crippen molar-refractivity contribution in [2.24, 2.45) is 0 Å². The minimum absolute atomic E-state index is 0.701. The van der Waals surface area contributed by atoms with Gasteiger partial charge >= 0.3 is 0 Å². The lowest BCUT2D eigenvalue weighted by atomic mass is 10.1. The molecular weight excluding hydrogens is 296 g/mol. The molecule has 3 aromatic rings. The Bertz CT molecular complexity index is 859. The molecule has 3 heteroatoms. The molecule has 3 nitrogen and oxygen atoms in total. The summed E-state index contributed by atoms with van der Waals surface area (Å²) in [5, 5.41) is 1.18. The van der Waals surface area contributed by atoms with Gasteiger partial charge in [-0.3, -0.25) is 4.90 Å². The first-order valence-electron chi connectivity index (χ1n) is 8.58. The van der Waals surface area contributed by atoms with Crippen molar-refractivity contribution >= 4 is 10.9 Å². The van der Waals surface area contributed by atoms with Crippen molar-refractivity contribution in [1.29, 1.82) is 0 Å². The van der Waals surface area contributed by atoms with Crippen LogP contribution < -0.4 is 4.74 Å². The van der Waals surface area contributed by atoms with E-state index in [0.717, 1.165) is 37.5 Å². The maximum absolute atomic E-state index is 5.91. The maximum atomic E-state index is 5.91. The van der Waals surface area contributed by atoms with Crippen LogP contribution in [-0.2, 0) is 13.0 Å². The first-order chi connectivity index (χ1) is 11.8. The number of aromatic nitrogens is 1. The molecule has 2 heterocycles. The first kappa shape index (κ1) is 15.2. The third-order valence-electron chi connectivity index (χ3n) is 4.76. The quantitative estimate of drug-likeness (QED) is 0.730. The second-order valence-corrected chi connectivity index (χ2v) is 6.45. The lowest BCUT2D eigenvalue weighted by Gasteiger charge is -2.19. The van der Waals surface area contributed by atoms with Gasteiger partial charge in [0.1, 0.15) is 6.61 Å². The molecule has 0 saturated heterocycles. The summed E-state index contributed by atoms with van der Waals surface area (Å²) in [6.45, 7) is 5.77. The Morgan fingerprint density at radius 3 is 2.83 bits per heavy atom. The Labute approximate surface area is 142 Å². The van der Waals surface area contributed by atoms with E-state index >= 15 is 0 Å². The molecule has 0 saturated carbocycles. The Kier molecular flexibility index (Phi) is 4.18. The first-order valence-corrected chi connectivity index (χ1v) is 8.58. The van der Waals surface area contributed by atoms with E-state index in [9.17, 15) is 0 Å². The summed E-state index contributed by atoms with van der Waals surface area (Å²) >= 11 is 0. The van der Waals surface area contributed by atoms with Crippen molar-refractivity contribution in [2.45, 2.75) is 19.9 Å². The fraction of sp³-hybridized carbons (Fsp3) is 0.286. The van der Waals surface area contributed by atoms with E-state index in [-0.39, 0.29) is 0 Å². The average Bonchev–Trinajstić information content (AvgIpc) is 2.80. The second kappa shape index (κ2) is 6.62. The van der Waals surface area contributed by atoms with Gasteiger partial charge in [-0.1, -0.05) is 42.5 Å². The predicted molar refractivity (Wildman–Crippen MR) is 97.4 cm³/mol. The summed E-state index contributed by atoms with van der Waals surface area (Å²) in [6, 6.07) is 19.1. The standard InChI is InChI=1S/C21H22N2O/c1-16-6-2-3-7-17(16)10-11-23-12-13-24-21-19(15-23)14-18-8-4-5-9-20(18)22-21/h2-9,14H,10-13,15H2,1H3. The predicted octanol–water partition coefficient (Wildman–Crippen LogP) is 3.98. The molecule has 0 N–H and O–H groups in total. The number of ether oxygens (including phenoxy) is 1. The van der Waals surface area contributed by atoms with Crippen LogP contribution >= 0.6 is 0 Å². The Balaban J connectivity index is 1.53. The number of pyridine rings is 1. The molecule has 0 fully saturated rings. The Morgan fingerprint density at radius 2 is 1.92 bits per heavy atom. The van der Waals surface area contributed by atoms with Gasteiger partial charge in [0.25, 0.3) is 0 Å². The largest absolute Gasteiger partial charge is 0.476 e. The number of nitrogens with zero attached hydrogens (tertiary/aromatic N) is 2. The highest BCUT2D eigenvalue weighted by atomic mass is 16.5. The summed E-state index contributed by atoms with van der Waals surface area (Å²) in [6.07, 6.45) is 1.07. The van der Waals surface area contributed by atoms with Crippen LogP contribution in [0, 0.1) is 6.92 Å². The molecule has 1 aliphatic rings. The van der Waals surface area contributed by atoms with Crippen molar-refractivity contribution in [3.05, 3.63) is 71.3 Å². The number of aryl methyl sites for hydroxylation is 1. The Hall–Kier alpha value is -2.39. The third-order valence-corrected chi connectivity index (χ3v) is 4.76. The lowest BCUT2D eigenvalue weighted by Crippen LogP contribution is -2.28. The molecular formula is C21H22N2O. The molecule has 122 valence electrons. The number of rotatable bonds is 3. The highest BCUT2D eigenvalue weighted by Gasteiger charge is 2.17. The molecule has 0 unspecified atom stereocenters. The maximum Gasteiger partial charge on any atom is 0.218 e. The molecule has 0 radical (unpaired) electrons. The number of para-hydroxylation sites is 1. The Morgan fingerprint density at radius 1 is 1.08 bits per heavy atom. The van der Waals surface area contributed by atoms with Crippen molar-refractivity contribution < 1.29 is 4.74 Å². The number of benzene rings is 2. The summed E-state index contributed by atoms with van der Waals surface area (Å²) in [5.41, 5.74) is 5.00. The highest BCUT2D eigenvalue weighted by molar-refractivity contribution is 5.80. The molecule has 1 aliphatic heterocycles. The van der Waals surface area contributed by atoms with Gasteiger partial charge in [-0.15, -0.1) is 0 Å². The van der Waals surface area contributed by atoms with Gasteiger partial charge in [0.05, 0.1) is 5.52 Å². The van der Waals surface area contributed by atoms with Crippen molar-refractivity contribution in [1.82, 2.24) is 9.88 Å². The van der Waals surface area contributed by atoms with Crippen molar-refractivity contribution in [3.63, 3.8) is 0 Å². The van der Waals surface area contributed by atoms with Crippen LogP contribution in [0.5, 0.6) is 5.88 Å². The summed E-state index contributed by atoms with van der Waals surface area (Å²) < 4.78 is 5.91.